The van der Waals surface area contributed by atoms with E-state index in [2.05, 4.69) is 10.4 Å². The van der Waals surface area contributed by atoms with Gasteiger partial charge in [0.2, 0.25) is 0 Å². The maximum absolute atomic E-state index is 12.1. The number of carbonyl (C=O) groups excluding carboxylic acids is 1. The van der Waals surface area contributed by atoms with Crippen LogP contribution in [0.1, 0.15) is 23.3 Å². The van der Waals surface area contributed by atoms with Crippen LogP contribution in [0.4, 0.5) is 0 Å². The van der Waals surface area contributed by atoms with Crippen molar-refractivity contribution in [2.75, 3.05) is 20.1 Å². The van der Waals surface area contributed by atoms with Gasteiger partial charge in [-0.05, 0) is 25.5 Å². The monoisotopic (exact) mass is 222 g/mol. The first kappa shape index (κ1) is 11.1. The Bertz CT molecular complexity index is 368. The molecule has 0 bridgehead atoms. The van der Waals surface area contributed by atoms with Gasteiger partial charge in [-0.2, -0.15) is 5.10 Å². The Morgan fingerprint density at radius 1 is 1.75 bits per heavy atom. The van der Waals surface area contributed by atoms with Gasteiger partial charge >= 0.3 is 0 Å². The molecule has 0 radical (unpaired) electrons. The standard InChI is InChI=1S/C11H18N4O/c1-14(8-9-4-3-6-12-9)11(16)10-5-7-13-15(10)2/h5,7,9,12H,3-4,6,8H2,1-2H3. The Morgan fingerprint density at radius 2 is 2.56 bits per heavy atom. The fourth-order valence-electron chi connectivity index (χ4n) is 2.11. The summed E-state index contributed by atoms with van der Waals surface area (Å²) in [4.78, 5) is 13.8. The van der Waals surface area contributed by atoms with Crippen molar-refractivity contribution in [3.63, 3.8) is 0 Å². The molecule has 1 amide bonds. The van der Waals surface area contributed by atoms with Gasteiger partial charge < -0.3 is 10.2 Å². The van der Waals surface area contributed by atoms with Gasteiger partial charge in [0.05, 0.1) is 0 Å². The molecule has 1 saturated heterocycles. The topological polar surface area (TPSA) is 50.2 Å². The molecule has 1 aliphatic rings. The molecule has 1 aliphatic heterocycles. The lowest BCUT2D eigenvalue weighted by atomic mass is 10.2. The highest BCUT2D eigenvalue weighted by Crippen LogP contribution is 2.08. The first-order chi connectivity index (χ1) is 7.68. The van der Waals surface area contributed by atoms with Crippen molar-refractivity contribution >= 4 is 5.91 Å². The summed E-state index contributed by atoms with van der Waals surface area (Å²) in [6.07, 6.45) is 4.01. The number of nitrogens with zero attached hydrogens (tertiary/aromatic N) is 3. The highest BCUT2D eigenvalue weighted by molar-refractivity contribution is 5.92. The lowest BCUT2D eigenvalue weighted by Gasteiger charge is -2.21. The predicted octanol–water partition coefficient (Wildman–Crippen LogP) is 0.244. The van der Waals surface area contributed by atoms with Crippen molar-refractivity contribution < 1.29 is 4.79 Å². The minimum atomic E-state index is 0.0358. The van der Waals surface area contributed by atoms with Crippen LogP contribution in [0.25, 0.3) is 0 Å². The zero-order valence-corrected chi connectivity index (χ0v) is 9.81. The lowest BCUT2D eigenvalue weighted by molar-refractivity contribution is 0.0773. The summed E-state index contributed by atoms with van der Waals surface area (Å²) in [6.45, 7) is 1.84. The number of nitrogens with one attached hydrogen (secondary N) is 1. The molecular formula is C11H18N4O. The number of aromatic nitrogens is 2. The Kier molecular flexibility index (Phi) is 3.24. The SMILES string of the molecule is CN(CC1CCCN1)C(=O)c1ccnn1C. The van der Waals surface area contributed by atoms with E-state index >= 15 is 0 Å². The van der Waals surface area contributed by atoms with Crippen LogP contribution >= 0.6 is 0 Å². The summed E-state index contributed by atoms with van der Waals surface area (Å²) in [6, 6.07) is 2.20. The van der Waals surface area contributed by atoms with E-state index in [0.29, 0.717) is 11.7 Å². The van der Waals surface area contributed by atoms with Crippen molar-refractivity contribution in [1.82, 2.24) is 20.0 Å². The second-order valence-electron chi connectivity index (χ2n) is 4.32. The number of aryl methyl sites for hydroxylation is 1. The van der Waals surface area contributed by atoms with E-state index < -0.39 is 0 Å². The number of likely N-dealkylation sites (N-methyl/N-ethyl adjacent to an activating group) is 1. The molecule has 2 rings (SSSR count). The molecule has 16 heavy (non-hydrogen) atoms. The summed E-state index contributed by atoms with van der Waals surface area (Å²) in [5.41, 5.74) is 0.639. The third-order valence-corrected chi connectivity index (χ3v) is 3.04. The van der Waals surface area contributed by atoms with Crippen LogP contribution in [0.2, 0.25) is 0 Å². The van der Waals surface area contributed by atoms with Gasteiger partial charge in [0.15, 0.2) is 0 Å². The number of carbonyl (C=O) groups is 1. The van der Waals surface area contributed by atoms with Crippen LogP contribution in [-0.4, -0.2) is 46.8 Å². The van der Waals surface area contributed by atoms with Crippen LogP contribution in [-0.2, 0) is 7.05 Å². The summed E-state index contributed by atoms with van der Waals surface area (Å²) in [5.74, 6) is 0.0358. The van der Waals surface area contributed by atoms with Crippen LogP contribution in [0.5, 0.6) is 0 Å². The third kappa shape index (κ3) is 2.24. The zero-order valence-electron chi connectivity index (χ0n) is 9.81. The molecule has 1 aromatic rings. The van der Waals surface area contributed by atoms with Crippen LogP contribution < -0.4 is 5.32 Å². The normalized spacial score (nSPS) is 20.0. The molecule has 0 spiro atoms. The van der Waals surface area contributed by atoms with Gasteiger partial charge in [-0.3, -0.25) is 9.48 Å². The molecule has 1 atom stereocenters. The summed E-state index contributed by atoms with van der Waals surface area (Å²) in [5, 5.41) is 7.39. The summed E-state index contributed by atoms with van der Waals surface area (Å²) in [7, 11) is 3.63. The third-order valence-electron chi connectivity index (χ3n) is 3.04. The second-order valence-corrected chi connectivity index (χ2v) is 4.32. The smallest absolute Gasteiger partial charge is 0.271 e. The van der Waals surface area contributed by atoms with E-state index in [1.54, 1.807) is 28.9 Å². The average molecular weight is 222 g/mol. The van der Waals surface area contributed by atoms with Crippen LogP contribution in [0.15, 0.2) is 12.3 Å². The summed E-state index contributed by atoms with van der Waals surface area (Å²) < 4.78 is 1.61. The number of rotatable bonds is 3. The molecule has 1 unspecified atom stereocenters. The van der Waals surface area contributed by atoms with Gasteiger partial charge in [0, 0.05) is 32.9 Å². The second kappa shape index (κ2) is 4.65. The minimum Gasteiger partial charge on any atom is -0.339 e. The van der Waals surface area contributed by atoms with Crippen LogP contribution in [0.3, 0.4) is 0 Å². The fraction of sp³-hybridized carbons (Fsp3) is 0.636. The predicted molar refractivity (Wildman–Crippen MR) is 61.2 cm³/mol. The Hall–Kier alpha value is -1.36. The van der Waals surface area contributed by atoms with Gasteiger partial charge in [0.25, 0.3) is 5.91 Å². The molecule has 88 valence electrons. The first-order valence-electron chi connectivity index (χ1n) is 5.65. The largest absolute Gasteiger partial charge is 0.339 e. The minimum absolute atomic E-state index is 0.0358. The van der Waals surface area contributed by atoms with Crippen molar-refractivity contribution in [2.24, 2.45) is 7.05 Å². The van der Waals surface area contributed by atoms with E-state index in [4.69, 9.17) is 0 Å². The molecule has 1 N–H and O–H groups in total. The van der Waals surface area contributed by atoms with E-state index in [9.17, 15) is 4.79 Å². The van der Waals surface area contributed by atoms with E-state index in [1.165, 1.54) is 6.42 Å². The molecule has 5 heteroatoms. The van der Waals surface area contributed by atoms with Crippen molar-refractivity contribution in [3.05, 3.63) is 18.0 Å². The molecule has 0 aliphatic carbocycles. The molecule has 1 fully saturated rings. The highest BCUT2D eigenvalue weighted by atomic mass is 16.2. The zero-order chi connectivity index (χ0) is 11.5. The highest BCUT2D eigenvalue weighted by Gasteiger charge is 2.20. The van der Waals surface area contributed by atoms with E-state index in [0.717, 1.165) is 19.5 Å². The summed E-state index contributed by atoms with van der Waals surface area (Å²) >= 11 is 0. The maximum Gasteiger partial charge on any atom is 0.271 e. The van der Waals surface area contributed by atoms with Crippen LogP contribution in [0, 0.1) is 0 Å². The molecule has 0 aromatic carbocycles. The molecular weight excluding hydrogens is 204 g/mol. The molecule has 2 heterocycles. The Morgan fingerprint density at radius 3 is 3.12 bits per heavy atom. The number of hydrogen-bond donors (Lipinski definition) is 1. The number of amides is 1. The quantitative estimate of drug-likeness (QED) is 0.797. The molecule has 5 nitrogen and oxygen atoms in total. The van der Waals surface area contributed by atoms with Crippen molar-refractivity contribution in [2.45, 2.75) is 18.9 Å². The first-order valence-corrected chi connectivity index (χ1v) is 5.65. The maximum atomic E-state index is 12.1. The lowest BCUT2D eigenvalue weighted by Crippen LogP contribution is -2.39. The Balaban J connectivity index is 1.96. The van der Waals surface area contributed by atoms with Gasteiger partial charge in [-0.1, -0.05) is 0 Å². The van der Waals surface area contributed by atoms with E-state index in [1.807, 2.05) is 7.05 Å². The fourth-order valence-corrected chi connectivity index (χ4v) is 2.11. The van der Waals surface area contributed by atoms with Gasteiger partial charge in [-0.15, -0.1) is 0 Å². The van der Waals surface area contributed by atoms with Gasteiger partial charge in [-0.25, -0.2) is 0 Å². The average Bonchev–Trinajstić information content (AvgIpc) is 2.88. The molecule has 1 aromatic heterocycles. The van der Waals surface area contributed by atoms with Gasteiger partial charge in [0.1, 0.15) is 5.69 Å². The van der Waals surface area contributed by atoms with E-state index in [-0.39, 0.29) is 5.91 Å². The van der Waals surface area contributed by atoms with Crippen molar-refractivity contribution in [1.29, 1.82) is 0 Å². The number of hydrogen-bond acceptors (Lipinski definition) is 3. The Labute approximate surface area is 95.4 Å². The van der Waals surface area contributed by atoms with Crippen molar-refractivity contribution in [3.8, 4) is 0 Å². The molecule has 0 saturated carbocycles.